The van der Waals surface area contributed by atoms with Gasteiger partial charge in [0.2, 0.25) is 0 Å². The Balaban J connectivity index is 0.000001000. The van der Waals surface area contributed by atoms with Crippen LogP contribution in [0.3, 0.4) is 0 Å². The van der Waals surface area contributed by atoms with Gasteiger partial charge in [0.05, 0.1) is 13.6 Å². The van der Waals surface area contributed by atoms with Crippen LogP contribution >= 0.6 is 0 Å². The summed E-state index contributed by atoms with van der Waals surface area (Å²) in [4.78, 5) is 10.9. The molecule has 4 nitrogen and oxygen atoms in total. The molecular weight excluding hydrogens is 166 g/mol. The molecule has 0 aliphatic heterocycles. The van der Waals surface area contributed by atoms with Crippen LogP contribution in [0.5, 0.6) is 0 Å². The van der Waals surface area contributed by atoms with Crippen molar-refractivity contribution in [2.45, 2.75) is 0 Å². The maximum absolute atomic E-state index is 10.9. The highest BCUT2D eigenvalue weighted by Gasteiger charge is 2.07. The SMILES string of the molecule is C[n+]1ccn(C(=O)CN)c1.[Cl-]. The Labute approximate surface area is 71.0 Å². The third-order valence-electron chi connectivity index (χ3n) is 1.23. The summed E-state index contributed by atoms with van der Waals surface area (Å²) in [5.74, 6) is -0.0967. The molecule has 0 spiro atoms. The van der Waals surface area contributed by atoms with Crippen LogP contribution in [0.15, 0.2) is 18.7 Å². The zero-order valence-electron chi connectivity index (χ0n) is 6.20. The van der Waals surface area contributed by atoms with E-state index in [0.29, 0.717) is 0 Å². The van der Waals surface area contributed by atoms with Crippen LogP contribution < -0.4 is 22.7 Å². The Bertz CT molecular complexity index is 246. The Morgan fingerprint density at radius 2 is 2.36 bits per heavy atom. The summed E-state index contributed by atoms with van der Waals surface area (Å²) in [5.41, 5.74) is 5.13. The summed E-state index contributed by atoms with van der Waals surface area (Å²) in [5, 5.41) is 0. The fourth-order valence-electron chi connectivity index (χ4n) is 0.703. The molecule has 62 valence electrons. The number of nitrogens with two attached hydrogens (primary N) is 1. The van der Waals surface area contributed by atoms with Gasteiger partial charge in [-0.3, -0.25) is 0 Å². The van der Waals surface area contributed by atoms with E-state index in [4.69, 9.17) is 5.73 Å². The van der Waals surface area contributed by atoms with Crippen molar-refractivity contribution in [3.8, 4) is 0 Å². The van der Waals surface area contributed by atoms with Crippen LogP contribution in [0.1, 0.15) is 4.79 Å². The monoisotopic (exact) mass is 175 g/mol. The van der Waals surface area contributed by atoms with Crippen molar-refractivity contribution in [3.05, 3.63) is 18.7 Å². The van der Waals surface area contributed by atoms with E-state index in [0.717, 1.165) is 0 Å². The van der Waals surface area contributed by atoms with E-state index in [9.17, 15) is 4.79 Å². The minimum absolute atomic E-state index is 0. The zero-order valence-corrected chi connectivity index (χ0v) is 6.95. The lowest BCUT2D eigenvalue weighted by molar-refractivity contribution is -0.670. The average Bonchev–Trinajstić information content (AvgIpc) is 2.34. The fraction of sp³-hybridized carbons (Fsp3) is 0.333. The van der Waals surface area contributed by atoms with Gasteiger partial charge in [-0.05, 0) is 0 Å². The molecule has 11 heavy (non-hydrogen) atoms. The van der Waals surface area contributed by atoms with Crippen molar-refractivity contribution in [1.29, 1.82) is 0 Å². The standard InChI is InChI=1S/C6H10N3O.ClH/c1-8-2-3-9(5-8)6(10)4-7;/h2-3,5H,4,7H2,1H3;1H/q+1;/p-1. The van der Waals surface area contributed by atoms with Gasteiger partial charge in [0.1, 0.15) is 12.4 Å². The summed E-state index contributed by atoms with van der Waals surface area (Å²) < 4.78 is 3.24. The molecule has 0 aliphatic carbocycles. The van der Waals surface area contributed by atoms with Gasteiger partial charge in [-0.1, -0.05) is 0 Å². The maximum Gasteiger partial charge on any atom is 0.327 e. The molecule has 2 N–H and O–H groups in total. The number of hydrogen-bond acceptors (Lipinski definition) is 2. The highest BCUT2D eigenvalue weighted by atomic mass is 35.5. The molecule has 1 aromatic heterocycles. The lowest BCUT2D eigenvalue weighted by Gasteiger charge is -1.85. The Morgan fingerprint density at radius 1 is 1.73 bits per heavy atom. The predicted molar refractivity (Wildman–Crippen MR) is 35.3 cm³/mol. The van der Waals surface area contributed by atoms with E-state index in [-0.39, 0.29) is 24.9 Å². The molecule has 0 bridgehead atoms. The molecule has 0 fully saturated rings. The minimum atomic E-state index is -0.0967. The lowest BCUT2D eigenvalue weighted by atomic mass is 10.6. The van der Waals surface area contributed by atoms with Gasteiger partial charge >= 0.3 is 5.91 Å². The average molecular weight is 176 g/mol. The van der Waals surface area contributed by atoms with Crippen LogP contribution in [0.2, 0.25) is 0 Å². The molecule has 0 amide bonds. The summed E-state index contributed by atoms with van der Waals surface area (Å²) >= 11 is 0. The van der Waals surface area contributed by atoms with Crippen molar-refractivity contribution < 1.29 is 21.8 Å². The zero-order chi connectivity index (χ0) is 7.56. The van der Waals surface area contributed by atoms with Crippen molar-refractivity contribution in [3.63, 3.8) is 0 Å². The number of carbonyl (C=O) groups excluding carboxylic acids is 1. The van der Waals surface area contributed by atoms with Crippen LogP contribution in [0.4, 0.5) is 0 Å². The first-order valence-electron chi connectivity index (χ1n) is 3.00. The first-order chi connectivity index (χ1) is 4.74. The van der Waals surface area contributed by atoms with Crippen LogP contribution in [0.25, 0.3) is 0 Å². The van der Waals surface area contributed by atoms with Gasteiger partial charge in [0.25, 0.3) is 6.33 Å². The molecule has 1 rings (SSSR count). The highest BCUT2D eigenvalue weighted by molar-refractivity contribution is 5.80. The largest absolute Gasteiger partial charge is 1.00 e. The molecule has 0 aliphatic rings. The van der Waals surface area contributed by atoms with Crippen molar-refractivity contribution >= 4 is 5.91 Å². The van der Waals surface area contributed by atoms with E-state index in [2.05, 4.69) is 0 Å². The van der Waals surface area contributed by atoms with E-state index < -0.39 is 0 Å². The number of aryl methyl sites for hydroxylation is 1. The molecule has 0 radical (unpaired) electrons. The van der Waals surface area contributed by atoms with Crippen LogP contribution in [-0.2, 0) is 7.05 Å². The Kier molecular flexibility index (Phi) is 3.78. The van der Waals surface area contributed by atoms with Gasteiger partial charge in [0.15, 0.2) is 0 Å². The smallest absolute Gasteiger partial charge is 0.327 e. The Hall–Kier alpha value is -0.870. The minimum Gasteiger partial charge on any atom is -1.00 e. The molecule has 1 aromatic rings. The lowest BCUT2D eigenvalue weighted by Crippen LogP contribution is -3.00. The Morgan fingerprint density at radius 3 is 2.73 bits per heavy atom. The van der Waals surface area contributed by atoms with Crippen molar-refractivity contribution in [1.82, 2.24) is 4.57 Å². The third kappa shape index (κ3) is 2.32. The second-order valence-corrected chi connectivity index (χ2v) is 2.08. The van der Waals surface area contributed by atoms with E-state index >= 15 is 0 Å². The molecule has 1 heterocycles. The summed E-state index contributed by atoms with van der Waals surface area (Å²) in [6.07, 6.45) is 5.14. The molecule has 5 heteroatoms. The quantitative estimate of drug-likeness (QED) is 0.442. The van der Waals surface area contributed by atoms with Gasteiger partial charge in [-0.15, -0.1) is 0 Å². The normalized spacial score (nSPS) is 8.91. The number of rotatable bonds is 1. The number of halogens is 1. The number of carbonyl (C=O) groups is 1. The van der Waals surface area contributed by atoms with Gasteiger partial charge in [-0.25, -0.2) is 9.36 Å². The highest BCUT2D eigenvalue weighted by Crippen LogP contribution is 1.80. The van der Waals surface area contributed by atoms with E-state index in [1.165, 1.54) is 4.57 Å². The maximum atomic E-state index is 10.9. The van der Waals surface area contributed by atoms with Gasteiger partial charge in [-0.2, -0.15) is 4.57 Å². The molecule has 0 atom stereocenters. The van der Waals surface area contributed by atoms with Crippen molar-refractivity contribution in [2.24, 2.45) is 12.8 Å². The van der Waals surface area contributed by atoms with Crippen LogP contribution in [0, 0.1) is 0 Å². The third-order valence-corrected chi connectivity index (χ3v) is 1.23. The second kappa shape index (κ2) is 4.10. The fourth-order valence-corrected chi connectivity index (χ4v) is 0.703. The molecular formula is C6H10ClN3O. The van der Waals surface area contributed by atoms with Crippen LogP contribution in [-0.4, -0.2) is 17.0 Å². The molecule has 0 saturated heterocycles. The first kappa shape index (κ1) is 10.1. The summed E-state index contributed by atoms with van der Waals surface area (Å²) in [6, 6.07) is 0. The predicted octanol–water partition coefficient (Wildman–Crippen LogP) is -4.08. The molecule has 0 unspecified atom stereocenters. The number of nitrogens with zero attached hydrogens (tertiary/aromatic N) is 2. The number of aromatic nitrogens is 2. The first-order valence-corrected chi connectivity index (χ1v) is 3.00. The number of imidazole rings is 1. The summed E-state index contributed by atoms with van der Waals surface area (Å²) in [6.45, 7) is 0.0503. The van der Waals surface area contributed by atoms with E-state index in [1.54, 1.807) is 23.3 Å². The number of hydrogen-bond donors (Lipinski definition) is 1. The topological polar surface area (TPSA) is 51.9 Å². The van der Waals surface area contributed by atoms with E-state index in [1.807, 2.05) is 7.05 Å². The molecule has 0 saturated carbocycles. The summed E-state index contributed by atoms with van der Waals surface area (Å²) in [7, 11) is 1.85. The van der Waals surface area contributed by atoms with Gasteiger partial charge in [0, 0.05) is 0 Å². The molecule has 0 aromatic carbocycles. The van der Waals surface area contributed by atoms with Gasteiger partial charge < -0.3 is 18.1 Å². The second-order valence-electron chi connectivity index (χ2n) is 2.08. The van der Waals surface area contributed by atoms with Crippen molar-refractivity contribution in [2.75, 3.05) is 6.54 Å².